The number of rotatable bonds is 3. The van der Waals surface area contributed by atoms with Crippen LogP contribution >= 0.6 is 0 Å². The molecule has 0 aliphatic rings. The highest BCUT2D eigenvalue weighted by molar-refractivity contribution is 5.60. The number of carbonyl (C=O) groups is 1. The van der Waals surface area contributed by atoms with Gasteiger partial charge in [0.15, 0.2) is 0 Å². The third-order valence-electron chi connectivity index (χ3n) is 2.01. The van der Waals surface area contributed by atoms with Crippen LogP contribution in [0, 0.1) is 11.3 Å². The van der Waals surface area contributed by atoms with E-state index in [9.17, 15) is 4.79 Å². The molecule has 0 aromatic heterocycles. The van der Waals surface area contributed by atoms with E-state index in [4.69, 9.17) is 9.47 Å². The van der Waals surface area contributed by atoms with Gasteiger partial charge in [0.2, 0.25) is 0 Å². The Labute approximate surface area is 93.1 Å². The van der Waals surface area contributed by atoms with E-state index >= 15 is 0 Å². The van der Waals surface area contributed by atoms with E-state index in [0.717, 1.165) is 0 Å². The van der Waals surface area contributed by atoms with E-state index in [-0.39, 0.29) is 23.5 Å². The lowest BCUT2D eigenvalue weighted by Gasteiger charge is -2.32. The Morgan fingerprint density at radius 3 is 1.73 bits per heavy atom. The molecule has 1 atom stereocenters. The Morgan fingerprint density at radius 1 is 1.00 bits per heavy atom. The fourth-order valence-corrected chi connectivity index (χ4v) is 1.64. The van der Waals surface area contributed by atoms with Gasteiger partial charge >= 0.3 is 6.16 Å². The van der Waals surface area contributed by atoms with Crippen LogP contribution in [0.4, 0.5) is 4.79 Å². The third-order valence-corrected chi connectivity index (χ3v) is 2.01. The second-order valence-electron chi connectivity index (χ2n) is 5.57. The van der Waals surface area contributed by atoms with Gasteiger partial charge in [-0.25, -0.2) is 4.79 Å². The fraction of sp³-hybridized carbons (Fsp3) is 0.917. The summed E-state index contributed by atoms with van der Waals surface area (Å²) < 4.78 is 10.3. The van der Waals surface area contributed by atoms with Gasteiger partial charge in [-0.15, -0.1) is 0 Å². The Hall–Kier alpha value is -0.730. The smallest absolute Gasteiger partial charge is 0.432 e. The van der Waals surface area contributed by atoms with Gasteiger partial charge < -0.3 is 9.47 Å². The summed E-state index contributed by atoms with van der Waals surface area (Å²) in [5.41, 5.74) is -0.0653. The predicted octanol–water partition coefficient (Wildman–Crippen LogP) is 3.62. The standard InChI is InChI=1S/C12H24O3/c1-8(2)10(12(5,6)7)15-11(13)14-9(3)4/h8-10H,1-7H3. The van der Waals surface area contributed by atoms with Crippen molar-refractivity contribution in [2.75, 3.05) is 0 Å². The molecule has 0 saturated heterocycles. The van der Waals surface area contributed by atoms with E-state index in [1.165, 1.54) is 0 Å². The Kier molecular flexibility index (Phi) is 5.12. The molecule has 0 heterocycles. The maximum Gasteiger partial charge on any atom is 0.508 e. The van der Waals surface area contributed by atoms with Crippen molar-refractivity contribution in [1.29, 1.82) is 0 Å². The topological polar surface area (TPSA) is 35.5 Å². The van der Waals surface area contributed by atoms with Crippen LogP contribution < -0.4 is 0 Å². The summed E-state index contributed by atoms with van der Waals surface area (Å²) in [5.74, 6) is 0.282. The minimum Gasteiger partial charge on any atom is -0.432 e. The second kappa shape index (κ2) is 5.38. The summed E-state index contributed by atoms with van der Waals surface area (Å²) in [6.45, 7) is 13.9. The van der Waals surface area contributed by atoms with Crippen LogP contribution in [0.25, 0.3) is 0 Å². The zero-order valence-electron chi connectivity index (χ0n) is 11.0. The molecule has 0 radical (unpaired) electrons. The van der Waals surface area contributed by atoms with Crippen molar-refractivity contribution < 1.29 is 14.3 Å². The maximum absolute atomic E-state index is 11.4. The van der Waals surface area contributed by atoms with E-state index in [2.05, 4.69) is 20.8 Å². The first-order valence-corrected chi connectivity index (χ1v) is 5.52. The molecule has 0 aromatic carbocycles. The molecular weight excluding hydrogens is 192 g/mol. The number of hydrogen-bond acceptors (Lipinski definition) is 3. The lowest BCUT2D eigenvalue weighted by molar-refractivity contribution is -0.0465. The Bertz CT molecular complexity index is 201. The molecule has 15 heavy (non-hydrogen) atoms. The molecule has 0 aromatic rings. The molecule has 0 amide bonds. The molecule has 0 rings (SSSR count). The maximum atomic E-state index is 11.4. The van der Waals surface area contributed by atoms with Gasteiger partial charge in [0, 0.05) is 0 Å². The quantitative estimate of drug-likeness (QED) is 0.676. The van der Waals surface area contributed by atoms with Crippen molar-refractivity contribution in [3.8, 4) is 0 Å². The highest BCUT2D eigenvalue weighted by atomic mass is 16.7. The van der Waals surface area contributed by atoms with Crippen LogP contribution in [0.1, 0.15) is 48.5 Å². The van der Waals surface area contributed by atoms with Crippen LogP contribution in [0.5, 0.6) is 0 Å². The van der Waals surface area contributed by atoms with E-state index in [0.29, 0.717) is 0 Å². The van der Waals surface area contributed by atoms with Gasteiger partial charge in [0.1, 0.15) is 6.10 Å². The lowest BCUT2D eigenvalue weighted by Crippen LogP contribution is -2.36. The summed E-state index contributed by atoms with van der Waals surface area (Å²) in [7, 11) is 0. The average molecular weight is 216 g/mol. The van der Waals surface area contributed by atoms with Crippen LogP contribution in [-0.4, -0.2) is 18.4 Å². The zero-order valence-corrected chi connectivity index (χ0v) is 11.0. The SMILES string of the molecule is CC(C)OC(=O)OC(C(C)C)C(C)(C)C. The van der Waals surface area contributed by atoms with Gasteiger partial charge in [-0.3, -0.25) is 0 Å². The highest BCUT2D eigenvalue weighted by Crippen LogP contribution is 2.28. The number of hydrogen-bond donors (Lipinski definition) is 0. The zero-order chi connectivity index (χ0) is 12.2. The van der Waals surface area contributed by atoms with Crippen LogP contribution in [-0.2, 0) is 9.47 Å². The normalized spacial score (nSPS) is 14.2. The summed E-state index contributed by atoms with van der Waals surface area (Å²) in [6.07, 6.45) is -0.826. The lowest BCUT2D eigenvalue weighted by atomic mass is 9.83. The largest absolute Gasteiger partial charge is 0.508 e. The van der Waals surface area contributed by atoms with Gasteiger partial charge in [-0.1, -0.05) is 34.6 Å². The van der Waals surface area contributed by atoms with Crippen LogP contribution in [0.15, 0.2) is 0 Å². The molecule has 3 heteroatoms. The van der Waals surface area contributed by atoms with Crippen molar-refractivity contribution in [1.82, 2.24) is 0 Å². The second-order valence-corrected chi connectivity index (χ2v) is 5.57. The third kappa shape index (κ3) is 5.65. The molecule has 0 saturated carbocycles. The van der Waals surface area contributed by atoms with Gasteiger partial charge in [0.25, 0.3) is 0 Å². The van der Waals surface area contributed by atoms with Crippen LogP contribution in [0.3, 0.4) is 0 Å². The molecule has 0 N–H and O–H groups in total. The first kappa shape index (κ1) is 14.3. The van der Waals surface area contributed by atoms with Gasteiger partial charge in [0.05, 0.1) is 6.10 Å². The molecule has 0 aliphatic heterocycles. The number of ether oxygens (including phenoxy) is 2. The summed E-state index contributed by atoms with van der Waals surface area (Å²) in [5, 5.41) is 0. The summed E-state index contributed by atoms with van der Waals surface area (Å²) in [4.78, 5) is 11.4. The van der Waals surface area contributed by atoms with Crippen molar-refractivity contribution in [3.63, 3.8) is 0 Å². The van der Waals surface area contributed by atoms with Crippen molar-refractivity contribution in [2.45, 2.75) is 60.7 Å². The minimum absolute atomic E-state index is 0.0653. The Balaban J connectivity index is 4.37. The van der Waals surface area contributed by atoms with Gasteiger partial charge in [-0.2, -0.15) is 0 Å². The fourth-order valence-electron chi connectivity index (χ4n) is 1.64. The average Bonchev–Trinajstić information content (AvgIpc) is 1.95. The predicted molar refractivity (Wildman–Crippen MR) is 60.8 cm³/mol. The van der Waals surface area contributed by atoms with Crippen molar-refractivity contribution >= 4 is 6.16 Å². The Morgan fingerprint density at radius 2 is 1.47 bits per heavy atom. The molecule has 1 unspecified atom stereocenters. The van der Waals surface area contributed by atoms with Crippen LogP contribution in [0.2, 0.25) is 0 Å². The minimum atomic E-state index is -0.571. The molecule has 0 bridgehead atoms. The first-order chi connectivity index (χ1) is 6.64. The molecule has 0 aliphatic carbocycles. The summed E-state index contributed by atoms with van der Waals surface area (Å²) in [6, 6.07) is 0. The van der Waals surface area contributed by atoms with Crippen molar-refractivity contribution in [3.05, 3.63) is 0 Å². The highest BCUT2D eigenvalue weighted by Gasteiger charge is 2.31. The monoisotopic (exact) mass is 216 g/mol. The molecule has 90 valence electrons. The van der Waals surface area contributed by atoms with E-state index in [1.807, 2.05) is 27.7 Å². The molecule has 0 fully saturated rings. The molecule has 0 spiro atoms. The van der Waals surface area contributed by atoms with Crippen molar-refractivity contribution in [2.24, 2.45) is 11.3 Å². The van der Waals surface area contributed by atoms with E-state index in [1.54, 1.807) is 0 Å². The summed E-state index contributed by atoms with van der Waals surface area (Å²) >= 11 is 0. The first-order valence-electron chi connectivity index (χ1n) is 5.52. The molecule has 3 nitrogen and oxygen atoms in total. The van der Waals surface area contributed by atoms with E-state index < -0.39 is 6.16 Å². The van der Waals surface area contributed by atoms with Gasteiger partial charge in [-0.05, 0) is 25.2 Å². The molecular formula is C12H24O3. The number of carbonyl (C=O) groups excluding carboxylic acids is 1.